The first-order valence-electron chi connectivity index (χ1n) is 11.2. The van der Waals surface area contributed by atoms with Gasteiger partial charge in [-0.3, -0.25) is 18.7 Å². The van der Waals surface area contributed by atoms with E-state index in [2.05, 4.69) is 10.0 Å². The Kier molecular flexibility index (Phi) is 6.91. The molecule has 0 spiro atoms. The summed E-state index contributed by atoms with van der Waals surface area (Å²) in [5.74, 6) is -0.528. The second-order valence-electron chi connectivity index (χ2n) is 8.49. The average molecular weight is 507 g/mol. The lowest BCUT2D eigenvalue weighted by atomic mass is 10.1. The van der Waals surface area contributed by atoms with E-state index in [1.807, 2.05) is 37.3 Å². The van der Waals surface area contributed by atoms with Crippen LogP contribution in [0.5, 0.6) is 0 Å². The predicted molar refractivity (Wildman–Crippen MR) is 137 cm³/mol. The van der Waals surface area contributed by atoms with Gasteiger partial charge in [-0.05, 0) is 36.2 Å². The number of amides is 1. The number of nitrogens with one attached hydrogen (secondary N) is 2. The van der Waals surface area contributed by atoms with Gasteiger partial charge in [0.05, 0.1) is 21.8 Å². The number of aryl methyl sites for hydroxylation is 1. The lowest BCUT2D eigenvalue weighted by Gasteiger charge is -2.22. The number of carbonyl (C=O) groups is 1. The summed E-state index contributed by atoms with van der Waals surface area (Å²) in [6.07, 6.45) is 0. The monoisotopic (exact) mass is 506 g/mol. The standard InChI is InChI=1S/C26H26N4O5S/c1-17(18-10-6-4-7-11-18)27-24(31)23(19-12-8-5-9-13-19)28-36(34,35)20-14-15-22-21(16-20)25(32)30(3)26(33)29(22)2/h4-17,23,28H,1-3H3,(H,27,31)/t17-,23-/m0/s1. The molecular weight excluding hydrogens is 480 g/mol. The molecule has 2 atom stereocenters. The van der Waals surface area contributed by atoms with Crippen molar-refractivity contribution in [3.63, 3.8) is 0 Å². The van der Waals surface area contributed by atoms with E-state index < -0.39 is 33.2 Å². The summed E-state index contributed by atoms with van der Waals surface area (Å²) in [4.78, 5) is 38.0. The molecule has 0 bridgehead atoms. The number of rotatable bonds is 7. The van der Waals surface area contributed by atoms with Crippen LogP contribution in [-0.2, 0) is 28.9 Å². The summed E-state index contributed by atoms with van der Waals surface area (Å²) in [5, 5.41) is 2.94. The number of fused-ring (bicyclic) bond motifs is 1. The minimum atomic E-state index is -4.24. The molecule has 10 heteroatoms. The van der Waals surface area contributed by atoms with E-state index in [0.717, 1.165) is 10.1 Å². The number of aromatic nitrogens is 2. The molecule has 4 rings (SSSR count). The first-order chi connectivity index (χ1) is 17.1. The molecule has 0 fully saturated rings. The van der Waals surface area contributed by atoms with Crippen molar-refractivity contribution in [3.05, 3.63) is 111 Å². The van der Waals surface area contributed by atoms with Crippen molar-refractivity contribution < 1.29 is 13.2 Å². The lowest BCUT2D eigenvalue weighted by molar-refractivity contribution is -0.123. The van der Waals surface area contributed by atoms with E-state index >= 15 is 0 Å². The first kappa shape index (κ1) is 25.1. The third kappa shape index (κ3) is 4.86. The molecule has 0 aliphatic rings. The van der Waals surface area contributed by atoms with Crippen molar-refractivity contribution in [2.75, 3.05) is 0 Å². The SMILES string of the molecule is C[C@H](NC(=O)[C@@H](NS(=O)(=O)c1ccc2c(c1)c(=O)n(C)c(=O)n2C)c1ccccc1)c1ccccc1. The fourth-order valence-electron chi connectivity index (χ4n) is 4.01. The quantitative estimate of drug-likeness (QED) is 0.398. The van der Waals surface area contributed by atoms with Gasteiger partial charge in [0.1, 0.15) is 6.04 Å². The van der Waals surface area contributed by atoms with E-state index in [4.69, 9.17) is 0 Å². The van der Waals surface area contributed by atoms with Crippen molar-refractivity contribution in [1.29, 1.82) is 0 Å². The topological polar surface area (TPSA) is 119 Å². The van der Waals surface area contributed by atoms with Crippen molar-refractivity contribution in [1.82, 2.24) is 19.2 Å². The number of sulfonamides is 1. The number of hydrogen-bond acceptors (Lipinski definition) is 5. The molecule has 0 aliphatic heterocycles. The van der Waals surface area contributed by atoms with Gasteiger partial charge < -0.3 is 5.32 Å². The van der Waals surface area contributed by atoms with Gasteiger partial charge in [0, 0.05) is 14.1 Å². The molecule has 9 nitrogen and oxygen atoms in total. The van der Waals surface area contributed by atoms with Crippen molar-refractivity contribution in [2.24, 2.45) is 14.1 Å². The van der Waals surface area contributed by atoms with Gasteiger partial charge in [-0.25, -0.2) is 13.2 Å². The molecule has 2 N–H and O–H groups in total. The van der Waals surface area contributed by atoms with Crippen LogP contribution in [0.4, 0.5) is 0 Å². The van der Waals surface area contributed by atoms with Gasteiger partial charge in [0.15, 0.2) is 0 Å². The molecular formula is C26H26N4O5S. The van der Waals surface area contributed by atoms with E-state index in [-0.39, 0.29) is 16.3 Å². The third-order valence-corrected chi connectivity index (χ3v) is 7.50. The zero-order valence-electron chi connectivity index (χ0n) is 20.0. The summed E-state index contributed by atoms with van der Waals surface area (Å²) < 4.78 is 31.5. The van der Waals surface area contributed by atoms with E-state index in [9.17, 15) is 22.8 Å². The molecule has 3 aromatic carbocycles. The predicted octanol–water partition coefficient (Wildman–Crippen LogP) is 2.13. The van der Waals surface area contributed by atoms with Crippen LogP contribution in [0, 0.1) is 0 Å². The number of hydrogen-bond donors (Lipinski definition) is 2. The molecule has 1 aromatic heterocycles. The second kappa shape index (κ2) is 9.92. The van der Waals surface area contributed by atoms with Crippen LogP contribution in [0.25, 0.3) is 10.9 Å². The zero-order valence-corrected chi connectivity index (χ0v) is 20.8. The Bertz CT molecular complexity index is 1650. The van der Waals surface area contributed by atoms with Gasteiger partial charge in [-0.15, -0.1) is 0 Å². The molecule has 0 radical (unpaired) electrons. The van der Waals surface area contributed by atoms with Gasteiger partial charge in [0.25, 0.3) is 5.56 Å². The highest BCUT2D eigenvalue weighted by Crippen LogP contribution is 2.21. The maximum atomic E-state index is 13.4. The minimum Gasteiger partial charge on any atom is -0.348 e. The Balaban J connectivity index is 1.71. The smallest absolute Gasteiger partial charge is 0.330 e. The van der Waals surface area contributed by atoms with Crippen LogP contribution in [0.2, 0.25) is 0 Å². The third-order valence-electron chi connectivity index (χ3n) is 6.08. The van der Waals surface area contributed by atoms with Crippen molar-refractivity contribution >= 4 is 26.8 Å². The Hall–Kier alpha value is -4.02. The van der Waals surface area contributed by atoms with Crippen LogP contribution < -0.4 is 21.3 Å². The zero-order chi connectivity index (χ0) is 26.0. The molecule has 36 heavy (non-hydrogen) atoms. The van der Waals surface area contributed by atoms with Crippen LogP contribution in [0.15, 0.2) is 93.3 Å². The number of carbonyl (C=O) groups excluding carboxylic acids is 1. The van der Waals surface area contributed by atoms with Crippen molar-refractivity contribution in [2.45, 2.75) is 23.9 Å². The van der Waals surface area contributed by atoms with E-state index in [1.165, 1.54) is 36.9 Å². The van der Waals surface area contributed by atoms with Crippen LogP contribution in [0.1, 0.15) is 30.1 Å². The molecule has 1 heterocycles. The van der Waals surface area contributed by atoms with Gasteiger partial charge in [0.2, 0.25) is 15.9 Å². The van der Waals surface area contributed by atoms with Crippen molar-refractivity contribution in [3.8, 4) is 0 Å². The molecule has 0 saturated heterocycles. The molecule has 1 amide bonds. The Morgan fingerprint density at radius 3 is 2.03 bits per heavy atom. The Labute approximate surface area is 208 Å². The average Bonchev–Trinajstić information content (AvgIpc) is 2.89. The normalized spacial score (nSPS) is 13.3. The van der Waals surface area contributed by atoms with E-state index in [1.54, 1.807) is 30.3 Å². The number of benzene rings is 3. The summed E-state index contributed by atoms with van der Waals surface area (Å²) in [6, 6.07) is 20.2. The second-order valence-corrected chi connectivity index (χ2v) is 10.2. The summed E-state index contributed by atoms with van der Waals surface area (Å²) in [5.41, 5.74) is 0.499. The largest absolute Gasteiger partial charge is 0.348 e. The highest BCUT2D eigenvalue weighted by atomic mass is 32.2. The molecule has 0 unspecified atom stereocenters. The van der Waals surface area contributed by atoms with Gasteiger partial charge in [-0.1, -0.05) is 60.7 Å². The summed E-state index contributed by atoms with van der Waals surface area (Å²) >= 11 is 0. The Morgan fingerprint density at radius 1 is 0.833 bits per heavy atom. The highest BCUT2D eigenvalue weighted by Gasteiger charge is 2.29. The minimum absolute atomic E-state index is 0.0703. The lowest BCUT2D eigenvalue weighted by Crippen LogP contribution is -2.41. The summed E-state index contributed by atoms with van der Waals surface area (Å²) in [7, 11) is -1.42. The van der Waals surface area contributed by atoms with Crippen LogP contribution in [0.3, 0.4) is 0 Å². The summed E-state index contributed by atoms with van der Waals surface area (Å²) in [6.45, 7) is 1.81. The molecule has 0 saturated carbocycles. The molecule has 4 aromatic rings. The maximum absolute atomic E-state index is 13.4. The highest BCUT2D eigenvalue weighted by molar-refractivity contribution is 7.89. The van der Waals surface area contributed by atoms with E-state index in [0.29, 0.717) is 11.1 Å². The van der Waals surface area contributed by atoms with Gasteiger partial charge in [-0.2, -0.15) is 4.72 Å². The Morgan fingerprint density at radius 2 is 1.42 bits per heavy atom. The molecule has 186 valence electrons. The van der Waals surface area contributed by atoms with Gasteiger partial charge >= 0.3 is 5.69 Å². The first-order valence-corrected chi connectivity index (χ1v) is 12.7. The maximum Gasteiger partial charge on any atom is 0.330 e. The number of nitrogens with zero attached hydrogens (tertiary/aromatic N) is 2. The van der Waals surface area contributed by atoms with Crippen LogP contribution in [-0.4, -0.2) is 23.5 Å². The van der Waals surface area contributed by atoms with Crippen LogP contribution >= 0.6 is 0 Å². The fourth-order valence-corrected chi connectivity index (χ4v) is 5.21. The molecule has 0 aliphatic carbocycles. The fraction of sp³-hybridized carbons (Fsp3) is 0.192.